The van der Waals surface area contributed by atoms with Gasteiger partial charge in [-0.05, 0) is 62.7 Å². The van der Waals surface area contributed by atoms with E-state index in [9.17, 15) is 9.59 Å². The summed E-state index contributed by atoms with van der Waals surface area (Å²) < 4.78 is 16.3. The molecular formula is C20H23NO6. The quantitative estimate of drug-likeness (QED) is 0.735. The predicted octanol–water partition coefficient (Wildman–Crippen LogP) is 3.51. The van der Waals surface area contributed by atoms with Crippen LogP contribution in [0.1, 0.15) is 29.8 Å². The zero-order valence-electron chi connectivity index (χ0n) is 15.7. The number of amides is 1. The Bertz CT molecular complexity index is 831. The number of aryl methyl sites for hydroxylation is 1. The fourth-order valence-electron chi connectivity index (χ4n) is 2.39. The van der Waals surface area contributed by atoms with Crippen LogP contribution < -0.4 is 19.5 Å². The van der Waals surface area contributed by atoms with Gasteiger partial charge < -0.3 is 24.6 Å². The number of carbonyl (C=O) groups is 2. The van der Waals surface area contributed by atoms with Gasteiger partial charge in [-0.2, -0.15) is 0 Å². The van der Waals surface area contributed by atoms with E-state index in [2.05, 4.69) is 5.32 Å². The van der Waals surface area contributed by atoms with Gasteiger partial charge in [0.05, 0.1) is 24.5 Å². The summed E-state index contributed by atoms with van der Waals surface area (Å²) in [4.78, 5) is 23.4. The molecule has 0 saturated carbocycles. The second-order valence-corrected chi connectivity index (χ2v) is 6.15. The summed E-state index contributed by atoms with van der Waals surface area (Å²) in [6.07, 6.45) is -0.130. The summed E-state index contributed by atoms with van der Waals surface area (Å²) in [5, 5.41) is 11.8. The summed E-state index contributed by atoms with van der Waals surface area (Å²) in [6.45, 7) is 5.32. The van der Waals surface area contributed by atoms with E-state index >= 15 is 0 Å². The highest BCUT2D eigenvalue weighted by Gasteiger charge is 2.14. The first-order chi connectivity index (χ1) is 12.8. The second kappa shape index (κ2) is 8.93. The third-order valence-corrected chi connectivity index (χ3v) is 3.60. The van der Waals surface area contributed by atoms with Crippen LogP contribution in [0, 0.1) is 6.92 Å². The molecule has 0 aliphatic rings. The van der Waals surface area contributed by atoms with Crippen LogP contribution in [0.15, 0.2) is 36.4 Å². The van der Waals surface area contributed by atoms with Crippen molar-refractivity contribution in [3.05, 3.63) is 47.5 Å². The number of carboxylic acid groups (broad SMARTS) is 1. The van der Waals surface area contributed by atoms with E-state index in [0.29, 0.717) is 11.5 Å². The lowest BCUT2D eigenvalue weighted by molar-refractivity contribution is -0.118. The minimum atomic E-state index is -1.09. The number of anilines is 1. The van der Waals surface area contributed by atoms with Crippen molar-refractivity contribution in [2.24, 2.45) is 0 Å². The maximum Gasteiger partial charge on any atom is 0.335 e. The minimum absolute atomic E-state index is 0.0492. The molecule has 27 heavy (non-hydrogen) atoms. The van der Waals surface area contributed by atoms with E-state index in [1.165, 1.54) is 18.2 Å². The Labute approximate surface area is 157 Å². The first-order valence-electron chi connectivity index (χ1n) is 8.41. The smallest absolute Gasteiger partial charge is 0.335 e. The first kappa shape index (κ1) is 20.1. The van der Waals surface area contributed by atoms with E-state index in [-0.39, 0.29) is 24.0 Å². The topological polar surface area (TPSA) is 94.1 Å². The van der Waals surface area contributed by atoms with Crippen LogP contribution in [-0.2, 0) is 4.79 Å². The second-order valence-electron chi connectivity index (χ2n) is 6.15. The Morgan fingerprint density at radius 3 is 2.41 bits per heavy atom. The zero-order chi connectivity index (χ0) is 20.0. The SMILES string of the molecule is COc1ccc(OCC(=O)Nc2cc(C(=O)O)ccc2OC(C)C)cc1C. The number of benzene rings is 2. The number of ether oxygens (including phenoxy) is 3. The fourth-order valence-corrected chi connectivity index (χ4v) is 2.39. The largest absolute Gasteiger partial charge is 0.496 e. The lowest BCUT2D eigenvalue weighted by atomic mass is 10.2. The predicted molar refractivity (Wildman–Crippen MR) is 101 cm³/mol. The van der Waals surface area contributed by atoms with Gasteiger partial charge in [0, 0.05) is 0 Å². The number of hydrogen-bond acceptors (Lipinski definition) is 5. The summed E-state index contributed by atoms with van der Waals surface area (Å²) in [7, 11) is 1.58. The maximum absolute atomic E-state index is 12.2. The standard InChI is InChI=1S/C20H23NO6/c1-12(2)27-18-7-5-14(20(23)24)10-16(18)21-19(22)11-26-15-6-8-17(25-4)13(3)9-15/h5-10,12H,11H2,1-4H3,(H,21,22)(H,23,24). The lowest BCUT2D eigenvalue weighted by Crippen LogP contribution is -2.21. The molecule has 2 aromatic carbocycles. The van der Waals surface area contributed by atoms with Crippen molar-refractivity contribution in [3.8, 4) is 17.2 Å². The molecule has 0 bridgehead atoms. The van der Waals surface area contributed by atoms with E-state index in [1.807, 2.05) is 20.8 Å². The van der Waals surface area contributed by atoms with E-state index in [0.717, 1.165) is 11.3 Å². The number of carboxylic acids is 1. The van der Waals surface area contributed by atoms with Crippen molar-refractivity contribution in [2.45, 2.75) is 26.9 Å². The van der Waals surface area contributed by atoms with Gasteiger partial charge in [-0.1, -0.05) is 0 Å². The average Bonchev–Trinajstić information content (AvgIpc) is 2.61. The molecule has 7 heteroatoms. The number of methoxy groups -OCH3 is 1. The third-order valence-electron chi connectivity index (χ3n) is 3.60. The van der Waals surface area contributed by atoms with Gasteiger partial charge in [-0.3, -0.25) is 4.79 Å². The molecule has 0 unspecified atom stereocenters. The van der Waals surface area contributed by atoms with E-state index < -0.39 is 11.9 Å². The molecule has 0 heterocycles. The van der Waals surface area contributed by atoms with E-state index in [4.69, 9.17) is 19.3 Å². The van der Waals surface area contributed by atoms with Gasteiger partial charge in [0.15, 0.2) is 6.61 Å². The third kappa shape index (κ3) is 5.64. The molecule has 0 atom stereocenters. The van der Waals surface area contributed by atoms with Gasteiger partial charge >= 0.3 is 5.97 Å². The normalized spacial score (nSPS) is 10.4. The molecule has 0 saturated heterocycles. The Balaban J connectivity index is 2.08. The Hall–Kier alpha value is -3.22. The van der Waals surface area contributed by atoms with Gasteiger partial charge in [-0.15, -0.1) is 0 Å². The first-order valence-corrected chi connectivity index (χ1v) is 8.41. The molecular weight excluding hydrogens is 350 g/mol. The highest BCUT2D eigenvalue weighted by Crippen LogP contribution is 2.27. The van der Waals surface area contributed by atoms with Crippen molar-refractivity contribution in [1.82, 2.24) is 0 Å². The van der Waals surface area contributed by atoms with Gasteiger partial charge in [-0.25, -0.2) is 4.79 Å². The number of aromatic carboxylic acids is 1. The Morgan fingerprint density at radius 1 is 1.11 bits per heavy atom. The molecule has 0 aliphatic heterocycles. The molecule has 0 spiro atoms. The van der Waals surface area contributed by atoms with Crippen LogP contribution in [0.4, 0.5) is 5.69 Å². The summed E-state index contributed by atoms with van der Waals surface area (Å²) in [5.41, 5.74) is 1.22. The van der Waals surface area contributed by atoms with Gasteiger partial charge in [0.1, 0.15) is 17.2 Å². The number of carbonyl (C=O) groups excluding carboxylic acids is 1. The number of nitrogens with one attached hydrogen (secondary N) is 1. The minimum Gasteiger partial charge on any atom is -0.496 e. The number of hydrogen-bond donors (Lipinski definition) is 2. The molecule has 0 fully saturated rings. The van der Waals surface area contributed by atoms with Crippen molar-refractivity contribution >= 4 is 17.6 Å². The van der Waals surface area contributed by atoms with Crippen molar-refractivity contribution < 1.29 is 28.9 Å². The van der Waals surface area contributed by atoms with Crippen molar-refractivity contribution in [3.63, 3.8) is 0 Å². The Kier molecular flexibility index (Phi) is 6.65. The van der Waals surface area contributed by atoms with Gasteiger partial charge in [0.25, 0.3) is 5.91 Å². The van der Waals surface area contributed by atoms with Crippen LogP contribution >= 0.6 is 0 Å². The highest BCUT2D eigenvalue weighted by molar-refractivity contribution is 5.96. The van der Waals surface area contributed by atoms with Crippen molar-refractivity contribution in [1.29, 1.82) is 0 Å². The summed E-state index contributed by atoms with van der Waals surface area (Å²) in [5.74, 6) is 0.129. The summed E-state index contributed by atoms with van der Waals surface area (Å²) in [6, 6.07) is 9.53. The van der Waals surface area contributed by atoms with Crippen LogP contribution in [0.3, 0.4) is 0 Å². The van der Waals surface area contributed by atoms with Crippen LogP contribution in [0.5, 0.6) is 17.2 Å². The molecule has 0 aliphatic carbocycles. The molecule has 0 aromatic heterocycles. The van der Waals surface area contributed by atoms with Gasteiger partial charge in [0.2, 0.25) is 0 Å². The lowest BCUT2D eigenvalue weighted by Gasteiger charge is -2.16. The Morgan fingerprint density at radius 2 is 1.81 bits per heavy atom. The molecule has 144 valence electrons. The fraction of sp³-hybridized carbons (Fsp3) is 0.300. The molecule has 2 N–H and O–H groups in total. The number of rotatable bonds is 8. The van der Waals surface area contributed by atoms with Crippen LogP contribution in [-0.4, -0.2) is 36.8 Å². The van der Waals surface area contributed by atoms with Crippen molar-refractivity contribution in [2.75, 3.05) is 19.0 Å². The average molecular weight is 373 g/mol. The van der Waals surface area contributed by atoms with Crippen LogP contribution in [0.25, 0.3) is 0 Å². The molecule has 2 aromatic rings. The molecule has 2 rings (SSSR count). The van der Waals surface area contributed by atoms with Crippen LogP contribution in [0.2, 0.25) is 0 Å². The zero-order valence-corrected chi connectivity index (χ0v) is 15.7. The molecule has 7 nitrogen and oxygen atoms in total. The highest BCUT2D eigenvalue weighted by atomic mass is 16.5. The summed E-state index contributed by atoms with van der Waals surface area (Å²) >= 11 is 0. The maximum atomic E-state index is 12.2. The molecule has 1 amide bonds. The molecule has 0 radical (unpaired) electrons. The van der Waals surface area contributed by atoms with E-state index in [1.54, 1.807) is 25.3 Å². The monoisotopic (exact) mass is 373 g/mol.